The maximum absolute atomic E-state index is 13.1. The fourth-order valence-corrected chi connectivity index (χ4v) is 7.79. The molecule has 1 aromatic rings. The summed E-state index contributed by atoms with van der Waals surface area (Å²) < 4.78 is 29.1. The molecule has 2 heterocycles. The Kier molecular flexibility index (Phi) is 18.7. The molecule has 0 radical (unpaired) electrons. The minimum atomic E-state index is -1.51. The maximum Gasteiger partial charge on any atom is 0.407 e. The van der Waals surface area contributed by atoms with Gasteiger partial charge in [0.25, 0.3) is 0 Å². The van der Waals surface area contributed by atoms with Crippen molar-refractivity contribution in [3.63, 3.8) is 0 Å². The second kappa shape index (κ2) is 22.0. The molecule has 59 heavy (non-hydrogen) atoms. The number of methoxy groups -OCH3 is 1. The van der Waals surface area contributed by atoms with Gasteiger partial charge in [-0.15, -0.1) is 0 Å². The molecule has 4 N–H and O–H groups in total. The molecule has 11 atom stereocenters. The summed E-state index contributed by atoms with van der Waals surface area (Å²) in [5, 5.41) is 37.8. The Bertz CT molecular complexity index is 1620. The van der Waals surface area contributed by atoms with Gasteiger partial charge >= 0.3 is 18.0 Å². The summed E-state index contributed by atoms with van der Waals surface area (Å²) >= 11 is 6.24. The van der Waals surface area contributed by atoms with Crippen LogP contribution in [0.5, 0.6) is 0 Å². The maximum atomic E-state index is 13.1. The van der Waals surface area contributed by atoms with Crippen molar-refractivity contribution in [2.45, 2.75) is 161 Å². The molecule has 2 aliphatic rings. The SMILES string of the molecule is CC[C@H](OC)[C@@H](C)[C@H]1O[C@@H]1C(N(CCNC(=O)OC(C)(C)C)Cc1ccc(Cl)cc1)C(C)(O)/C=C/C=C(\C)[C@H]1OC(=O)C[C@H](O)CC[C@@](C)(O)[C@@H](OC(C)=O)/C=C/[C@@H]1C. The van der Waals surface area contributed by atoms with Crippen LogP contribution in [-0.2, 0) is 39.8 Å². The number of cyclic esters (lactones) is 1. The number of carbonyl (C=O) groups excluding carboxylic acids is 3. The molecule has 1 saturated heterocycles. The Hall–Kier alpha value is -3.30. The summed E-state index contributed by atoms with van der Waals surface area (Å²) in [7, 11) is 1.68. The van der Waals surface area contributed by atoms with E-state index in [4.69, 9.17) is 35.3 Å². The number of hydrogen-bond donors (Lipinski definition) is 4. The number of epoxide rings is 1. The summed E-state index contributed by atoms with van der Waals surface area (Å²) in [4.78, 5) is 39.8. The van der Waals surface area contributed by atoms with Gasteiger partial charge in [-0.1, -0.05) is 68.8 Å². The number of carbonyl (C=O) groups is 3. The van der Waals surface area contributed by atoms with E-state index < -0.39 is 71.2 Å². The second-order valence-electron chi connectivity index (χ2n) is 17.5. The molecular weight excluding hydrogens is 780 g/mol. The molecular formula is C45H69ClN2O11. The van der Waals surface area contributed by atoms with Gasteiger partial charge in [0.15, 0.2) is 0 Å². The van der Waals surface area contributed by atoms with Gasteiger partial charge in [0.1, 0.15) is 29.5 Å². The number of aliphatic hydroxyl groups is 3. The number of ether oxygens (including phenoxy) is 5. The first-order valence-electron chi connectivity index (χ1n) is 20.6. The van der Waals surface area contributed by atoms with Gasteiger partial charge in [0.2, 0.25) is 0 Å². The molecule has 0 aliphatic carbocycles. The number of rotatable bonds is 16. The van der Waals surface area contributed by atoms with Gasteiger partial charge in [-0.2, -0.15) is 0 Å². The van der Waals surface area contributed by atoms with E-state index in [1.54, 1.807) is 72.1 Å². The zero-order chi connectivity index (χ0) is 44.3. The lowest BCUT2D eigenvalue weighted by Crippen LogP contribution is -2.55. The molecule has 0 aromatic heterocycles. The lowest BCUT2D eigenvalue weighted by Gasteiger charge is -2.39. The largest absolute Gasteiger partial charge is 0.457 e. The normalized spacial score (nSPS) is 28.9. The van der Waals surface area contributed by atoms with Gasteiger partial charge in [-0.3, -0.25) is 14.5 Å². The highest BCUT2D eigenvalue weighted by molar-refractivity contribution is 6.30. The predicted octanol–water partition coefficient (Wildman–Crippen LogP) is 6.45. The van der Waals surface area contributed by atoms with Crippen molar-refractivity contribution in [2.75, 3.05) is 20.2 Å². The first kappa shape index (κ1) is 50.1. The van der Waals surface area contributed by atoms with Crippen LogP contribution >= 0.6 is 11.6 Å². The van der Waals surface area contributed by atoms with Crippen LogP contribution in [0.4, 0.5) is 4.79 Å². The third kappa shape index (κ3) is 15.9. The Labute approximate surface area is 356 Å². The summed E-state index contributed by atoms with van der Waals surface area (Å²) in [6.07, 6.45) is 5.06. The van der Waals surface area contributed by atoms with Crippen molar-refractivity contribution < 1.29 is 53.4 Å². The summed E-state index contributed by atoms with van der Waals surface area (Å²) in [5.41, 5.74) is -2.10. The number of alkyl carbamates (subject to hydrolysis) is 1. The van der Waals surface area contributed by atoms with Crippen molar-refractivity contribution >= 4 is 29.6 Å². The number of benzene rings is 1. The van der Waals surface area contributed by atoms with E-state index in [0.29, 0.717) is 23.7 Å². The second-order valence-corrected chi connectivity index (χ2v) is 17.9. The minimum absolute atomic E-state index is 0.0182. The molecule has 1 aromatic carbocycles. The summed E-state index contributed by atoms with van der Waals surface area (Å²) in [6, 6.07) is 6.85. The Morgan fingerprint density at radius 1 is 1.14 bits per heavy atom. The quantitative estimate of drug-likeness (QED) is 0.0471. The van der Waals surface area contributed by atoms with Gasteiger partial charge in [0.05, 0.1) is 36.4 Å². The molecule has 0 spiro atoms. The van der Waals surface area contributed by atoms with Crippen molar-refractivity contribution in [3.05, 3.63) is 70.8 Å². The highest BCUT2D eigenvalue weighted by atomic mass is 35.5. The number of allylic oxidation sites excluding steroid dienone is 2. The number of hydrogen-bond acceptors (Lipinski definition) is 12. The molecule has 2 unspecified atom stereocenters. The average molecular weight is 850 g/mol. The van der Waals surface area contributed by atoms with Crippen LogP contribution in [0.1, 0.15) is 100 Å². The van der Waals surface area contributed by atoms with Gasteiger partial charge in [0, 0.05) is 50.5 Å². The monoisotopic (exact) mass is 848 g/mol. The fourth-order valence-electron chi connectivity index (χ4n) is 7.66. The molecule has 3 rings (SSSR count). The lowest BCUT2D eigenvalue weighted by molar-refractivity contribution is -0.157. The van der Waals surface area contributed by atoms with Crippen molar-refractivity contribution in [1.82, 2.24) is 10.2 Å². The molecule has 0 saturated carbocycles. The van der Waals surface area contributed by atoms with Crippen LogP contribution in [0, 0.1) is 11.8 Å². The molecule has 1 amide bonds. The number of nitrogens with zero attached hydrogens (tertiary/aromatic N) is 1. The van der Waals surface area contributed by atoms with E-state index in [1.807, 2.05) is 31.2 Å². The van der Waals surface area contributed by atoms with Gasteiger partial charge < -0.3 is 44.3 Å². The molecule has 1 fully saturated rings. The zero-order valence-corrected chi connectivity index (χ0v) is 37.5. The number of nitrogens with one attached hydrogen (secondary N) is 1. The Morgan fingerprint density at radius 2 is 1.80 bits per heavy atom. The third-order valence-electron chi connectivity index (χ3n) is 10.9. The van der Waals surface area contributed by atoms with E-state index >= 15 is 0 Å². The predicted molar refractivity (Wildman–Crippen MR) is 227 cm³/mol. The Balaban J connectivity index is 2.02. The average Bonchev–Trinajstić information content (AvgIpc) is 3.91. The number of esters is 2. The molecule has 14 heteroatoms. The molecule has 0 bridgehead atoms. The Morgan fingerprint density at radius 3 is 2.39 bits per heavy atom. The number of halogens is 1. The number of aliphatic hydroxyl groups excluding tert-OH is 1. The molecule has 13 nitrogen and oxygen atoms in total. The number of amides is 1. The van der Waals surface area contributed by atoms with Gasteiger partial charge in [-0.05, 0) is 90.2 Å². The highest BCUT2D eigenvalue weighted by Gasteiger charge is 2.56. The summed E-state index contributed by atoms with van der Waals surface area (Å²) in [5.74, 6) is -1.59. The standard InChI is InChI=1S/C45H69ClN2O11/c1-12-35(55-11)30(4)39-40(58-39)41(48(27-32-16-18-33(46)19-17-32)25-24-47-42(52)59-43(6,7)8)45(10,54)22-13-14-28(2)38-29(3)15-20-36(56-31(5)49)44(9,53)23-21-34(50)26-37(51)57-38/h13-20,22,29-30,34-36,38-41,50,53-54H,12,21,23-27H2,1-11H3,(H,47,52)/b20-15+,22-13+,28-14+/t29-,30+,34+,35-,36-,38+,39+,40-,41?,44+,45?/m0/s1. The molecule has 2 aliphatic heterocycles. The van der Waals surface area contributed by atoms with Crippen LogP contribution in [0.25, 0.3) is 0 Å². The van der Waals surface area contributed by atoms with E-state index in [9.17, 15) is 29.7 Å². The van der Waals surface area contributed by atoms with Crippen LogP contribution in [0.2, 0.25) is 5.02 Å². The fraction of sp³-hybridized carbons (Fsp3) is 0.667. The van der Waals surface area contributed by atoms with E-state index in [-0.39, 0.29) is 43.9 Å². The minimum Gasteiger partial charge on any atom is -0.457 e. The van der Waals surface area contributed by atoms with Crippen LogP contribution in [-0.4, -0.2) is 118 Å². The van der Waals surface area contributed by atoms with E-state index in [2.05, 4.69) is 24.1 Å². The van der Waals surface area contributed by atoms with E-state index in [1.165, 1.54) is 13.8 Å². The van der Waals surface area contributed by atoms with Crippen LogP contribution in [0.3, 0.4) is 0 Å². The first-order chi connectivity index (χ1) is 27.5. The summed E-state index contributed by atoms with van der Waals surface area (Å²) in [6.45, 7) is 18.6. The van der Waals surface area contributed by atoms with Crippen molar-refractivity contribution in [2.24, 2.45) is 11.8 Å². The van der Waals surface area contributed by atoms with Gasteiger partial charge in [-0.25, -0.2) is 4.79 Å². The van der Waals surface area contributed by atoms with Crippen molar-refractivity contribution in [3.8, 4) is 0 Å². The van der Waals surface area contributed by atoms with Crippen LogP contribution < -0.4 is 5.32 Å². The molecule has 332 valence electrons. The first-order valence-corrected chi connectivity index (χ1v) is 21.0. The third-order valence-corrected chi connectivity index (χ3v) is 11.2. The van der Waals surface area contributed by atoms with Crippen LogP contribution in [0.15, 0.2) is 60.2 Å². The topological polar surface area (TPSA) is 177 Å². The zero-order valence-electron chi connectivity index (χ0n) is 36.8. The highest BCUT2D eigenvalue weighted by Crippen LogP contribution is 2.41. The smallest absolute Gasteiger partial charge is 0.407 e. The lowest BCUT2D eigenvalue weighted by atomic mass is 9.85. The van der Waals surface area contributed by atoms with Crippen molar-refractivity contribution in [1.29, 1.82) is 0 Å². The van der Waals surface area contributed by atoms with E-state index in [0.717, 1.165) is 12.0 Å².